The first-order valence-electron chi connectivity index (χ1n) is 6.00. The summed E-state index contributed by atoms with van der Waals surface area (Å²) < 4.78 is 0. The fourth-order valence-electron chi connectivity index (χ4n) is 1.38. The van der Waals surface area contributed by atoms with Crippen molar-refractivity contribution in [2.45, 2.75) is 58.5 Å². The van der Waals surface area contributed by atoms with E-state index >= 15 is 0 Å². The van der Waals surface area contributed by atoms with E-state index in [0.29, 0.717) is 0 Å². The molecule has 1 N–H and O–H groups in total. The monoisotopic (exact) mass is 318 g/mol. The number of hydrogen-bond acceptors (Lipinski definition) is 3. The van der Waals surface area contributed by atoms with Crippen molar-refractivity contribution in [3.63, 3.8) is 0 Å². The molecule has 0 saturated heterocycles. The van der Waals surface area contributed by atoms with Crippen LogP contribution in [0, 0.1) is 0 Å². The summed E-state index contributed by atoms with van der Waals surface area (Å²) in [6.07, 6.45) is 1.12. The number of nitrogens with zero attached hydrogens (tertiary/aromatic N) is 1. The highest BCUT2D eigenvalue weighted by atomic mass is 79.9. The normalized spacial score (nSPS) is 13.1. The fraction of sp³-hybridized carbons (Fsp3) is 0.769. The van der Waals surface area contributed by atoms with Crippen molar-refractivity contribution < 1.29 is 0 Å². The second-order valence-corrected chi connectivity index (χ2v) is 7.79. The zero-order valence-electron chi connectivity index (χ0n) is 11.4. The molecule has 0 radical (unpaired) electrons. The molecular formula is C13H23BrN2S. The number of hydrogen-bond donors (Lipinski definition) is 1. The molecule has 0 aliphatic rings. The first-order valence-corrected chi connectivity index (χ1v) is 8.00. The van der Waals surface area contributed by atoms with Gasteiger partial charge in [-0.05, 0) is 20.3 Å². The summed E-state index contributed by atoms with van der Waals surface area (Å²) in [6.45, 7) is 11.9. The van der Waals surface area contributed by atoms with Crippen LogP contribution in [0.5, 0.6) is 0 Å². The third-order valence-electron chi connectivity index (χ3n) is 2.76. The van der Waals surface area contributed by atoms with Gasteiger partial charge in [-0.25, -0.2) is 4.98 Å². The van der Waals surface area contributed by atoms with Gasteiger partial charge in [-0.1, -0.05) is 36.7 Å². The molecule has 0 fully saturated rings. The predicted octanol–water partition coefficient (Wildman–Crippen LogP) is 4.09. The number of alkyl halides is 1. The second-order valence-electron chi connectivity index (χ2n) is 6.05. The van der Waals surface area contributed by atoms with Crippen LogP contribution in [-0.4, -0.2) is 15.9 Å². The molecule has 0 aromatic carbocycles. The number of halogens is 1. The first kappa shape index (κ1) is 15.1. The van der Waals surface area contributed by atoms with Crippen molar-refractivity contribution in [3.05, 3.63) is 16.1 Å². The Bertz CT molecular complexity index is 353. The highest BCUT2D eigenvalue weighted by Crippen LogP contribution is 2.24. The van der Waals surface area contributed by atoms with Gasteiger partial charge in [0.2, 0.25) is 0 Å². The maximum atomic E-state index is 4.69. The minimum Gasteiger partial charge on any atom is -0.305 e. The number of thiazole rings is 1. The van der Waals surface area contributed by atoms with Crippen molar-refractivity contribution in [3.8, 4) is 0 Å². The summed E-state index contributed by atoms with van der Waals surface area (Å²) in [5.74, 6) is 0. The van der Waals surface area contributed by atoms with Crippen LogP contribution in [0.1, 0.15) is 51.7 Å². The zero-order chi connectivity index (χ0) is 13.1. The van der Waals surface area contributed by atoms with Gasteiger partial charge in [-0.3, -0.25) is 0 Å². The Kier molecular flexibility index (Phi) is 5.17. The van der Waals surface area contributed by atoms with Crippen molar-refractivity contribution in [1.82, 2.24) is 10.3 Å². The van der Waals surface area contributed by atoms with Crippen LogP contribution in [0.25, 0.3) is 0 Å². The van der Waals surface area contributed by atoms with E-state index in [2.05, 4.69) is 66.2 Å². The Balaban J connectivity index is 2.56. The average molecular weight is 319 g/mol. The molecule has 98 valence electrons. The van der Waals surface area contributed by atoms with E-state index in [4.69, 9.17) is 0 Å². The summed E-state index contributed by atoms with van der Waals surface area (Å²) in [4.78, 5) is 4.69. The highest BCUT2D eigenvalue weighted by molar-refractivity contribution is 9.09. The number of aromatic nitrogens is 1. The van der Waals surface area contributed by atoms with Crippen molar-refractivity contribution in [1.29, 1.82) is 0 Å². The van der Waals surface area contributed by atoms with Gasteiger partial charge in [0, 0.05) is 28.2 Å². The summed E-state index contributed by atoms with van der Waals surface area (Å²) in [5.41, 5.74) is 1.51. The van der Waals surface area contributed by atoms with Crippen LogP contribution in [-0.2, 0) is 12.0 Å². The SMILES string of the molecule is CC(C)(CCBr)NCc1nc(C(C)(C)C)cs1. The minimum atomic E-state index is 0.153. The standard InChI is InChI=1S/C13H23BrN2S/c1-12(2,3)10-9-17-11(16-10)8-15-13(4,5)6-7-14/h9,15H,6-8H2,1-5H3. The summed E-state index contributed by atoms with van der Waals surface area (Å²) in [7, 11) is 0. The second kappa shape index (κ2) is 5.81. The molecule has 0 aliphatic heterocycles. The molecule has 0 atom stereocenters. The predicted molar refractivity (Wildman–Crippen MR) is 80.1 cm³/mol. The minimum absolute atomic E-state index is 0.153. The van der Waals surface area contributed by atoms with Crippen LogP contribution < -0.4 is 5.32 Å². The lowest BCUT2D eigenvalue weighted by Crippen LogP contribution is -2.39. The molecule has 4 heteroatoms. The fourth-order valence-corrected chi connectivity index (χ4v) is 3.33. The van der Waals surface area contributed by atoms with E-state index < -0.39 is 0 Å². The Morgan fingerprint density at radius 2 is 1.94 bits per heavy atom. The van der Waals surface area contributed by atoms with Crippen molar-refractivity contribution in [2.75, 3.05) is 5.33 Å². The Morgan fingerprint density at radius 3 is 2.41 bits per heavy atom. The topological polar surface area (TPSA) is 24.9 Å². The van der Waals surface area contributed by atoms with Gasteiger partial charge in [-0.15, -0.1) is 11.3 Å². The number of rotatable bonds is 5. The van der Waals surface area contributed by atoms with Gasteiger partial charge >= 0.3 is 0 Å². The molecule has 0 aliphatic carbocycles. The van der Waals surface area contributed by atoms with Gasteiger partial charge in [0.15, 0.2) is 0 Å². The molecule has 2 nitrogen and oxygen atoms in total. The number of nitrogens with one attached hydrogen (secondary N) is 1. The van der Waals surface area contributed by atoms with E-state index in [0.717, 1.165) is 18.3 Å². The van der Waals surface area contributed by atoms with Crippen LogP contribution in [0.2, 0.25) is 0 Å². The van der Waals surface area contributed by atoms with Crippen molar-refractivity contribution in [2.24, 2.45) is 0 Å². The largest absolute Gasteiger partial charge is 0.305 e. The van der Waals surface area contributed by atoms with Crippen molar-refractivity contribution >= 4 is 27.3 Å². The van der Waals surface area contributed by atoms with Crippen LogP contribution in [0.4, 0.5) is 0 Å². The van der Waals surface area contributed by atoms with Gasteiger partial charge in [-0.2, -0.15) is 0 Å². The summed E-state index contributed by atoms with van der Waals surface area (Å²) >= 11 is 5.24. The van der Waals surface area contributed by atoms with E-state index in [1.54, 1.807) is 11.3 Å². The first-order chi connectivity index (χ1) is 7.74. The maximum absolute atomic E-state index is 4.69. The molecule has 0 unspecified atom stereocenters. The average Bonchev–Trinajstić information content (AvgIpc) is 2.62. The lowest BCUT2D eigenvalue weighted by Gasteiger charge is -2.24. The molecule has 17 heavy (non-hydrogen) atoms. The highest BCUT2D eigenvalue weighted by Gasteiger charge is 2.19. The molecule has 1 heterocycles. The third-order valence-corrected chi connectivity index (χ3v) is 4.00. The van der Waals surface area contributed by atoms with E-state index in [1.807, 2.05) is 0 Å². The lowest BCUT2D eigenvalue weighted by molar-refractivity contribution is 0.377. The Morgan fingerprint density at radius 1 is 1.29 bits per heavy atom. The molecular weight excluding hydrogens is 296 g/mol. The summed E-state index contributed by atoms with van der Waals surface area (Å²) in [6, 6.07) is 0. The smallest absolute Gasteiger partial charge is 0.107 e. The van der Waals surface area contributed by atoms with E-state index in [9.17, 15) is 0 Å². The van der Waals surface area contributed by atoms with Gasteiger partial charge in [0.1, 0.15) is 5.01 Å². The Hall–Kier alpha value is 0.0700. The van der Waals surface area contributed by atoms with Gasteiger partial charge in [0.25, 0.3) is 0 Å². The van der Waals surface area contributed by atoms with Crippen LogP contribution in [0.3, 0.4) is 0 Å². The molecule has 1 rings (SSSR count). The molecule has 0 amide bonds. The third kappa shape index (κ3) is 5.06. The van der Waals surface area contributed by atoms with E-state index in [-0.39, 0.29) is 11.0 Å². The molecule has 1 aromatic heterocycles. The molecule has 0 spiro atoms. The summed E-state index contributed by atoms with van der Waals surface area (Å²) in [5, 5.41) is 7.94. The molecule has 0 saturated carbocycles. The molecule has 1 aromatic rings. The maximum Gasteiger partial charge on any atom is 0.107 e. The van der Waals surface area contributed by atoms with Gasteiger partial charge in [0.05, 0.1) is 5.69 Å². The van der Waals surface area contributed by atoms with E-state index in [1.165, 1.54) is 10.7 Å². The van der Waals surface area contributed by atoms with Crippen LogP contribution in [0.15, 0.2) is 5.38 Å². The van der Waals surface area contributed by atoms with Gasteiger partial charge < -0.3 is 5.32 Å². The molecule has 0 bridgehead atoms. The lowest BCUT2D eigenvalue weighted by atomic mass is 9.93. The Labute approximate surface area is 117 Å². The van der Waals surface area contributed by atoms with Crippen LogP contribution >= 0.6 is 27.3 Å². The quantitative estimate of drug-likeness (QED) is 0.827. The zero-order valence-corrected chi connectivity index (χ0v) is 13.8.